The SMILES string of the molecule is CCCn1ncc(OC)c1C(C)(O)C(C)(C)OC. The van der Waals surface area contributed by atoms with Crippen LogP contribution in [0.1, 0.15) is 39.8 Å². The monoisotopic (exact) mass is 256 g/mol. The molecule has 0 saturated heterocycles. The maximum absolute atomic E-state index is 10.9. The molecule has 1 atom stereocenters. The highest BCUT2D eigenvalue weighted by Crippen LogP contribution is 2.39. The summed E-state index contributed by atoms with van der Waals surface area (Å²) in [6.07, 6.45) is 2.56. The van der Waals surface area contributed by atoms with Gasteiger partial charge in [0.2, 0.25) is 0 Å². The molecule has 0 aliphatic rings. The molecule has 18 heavy (non-hydrogen) atoms. The summed E-state index contributed by atoms with van der Waals surface area (Å²) in [6, 6.07) is 0. The zero-order valence-corrected chi connectivity index (χ0v) is 12.1. The zero-order valence-electron chi connectivity index (χ0n) is 12.1. The van der Waals surface area contributed by atoms with Gasteiger partial charge in [0.25, 0.3) is 0 Å². The first-order valence-corrected chi connectivity index (χ1v) is 6.19. The van der Waals surface area contributed by atoms with E-state index in [1.165, 1.54) is 0 Å². The Morgan fingerprint density at radius 3 is 2.39 bits per heavy atom. The highest BCUT2D eigenvalue weighted by Gasteiger charge is 2.45. The number of hydrogen-bond acceptors (Lipinski definition) is 4. The largest absolute Gasteiger partial charge is 0.493 e. The Bertz CT molecular complexity index is 397. The van der Waals surface area contributed by atoms with Gasteiger partial charge in [0.1, 0.15) is 11.3 Å². The number of aromatic nitrogens is 2. The van der Waals surface area contributed by atoms with E-state index in [9.17, 15) is 5.11 Å². The summed E-state index contributed by atoms with van der Waals surface area (Å²) in [5.41, 5.74) is -1.29. The van der Waals surface area contributed by atoms with Crippen LogP contribution in [0.15, 0.2) is 6.20 Å². The number of aryl methyl sites for hydroxylation is 1. The standard InChI is InChI=1S/C13H24N2O3/c1-7-8-15-11(10(17-5)9-14-15)13(4,16)12(2,3)18-6/h9,16H,7-8H2,1-6H3. The van der Waals surface area contributed by atoms with Crippen LogP contribution >= 0.6 is 0 Å². The third kappa shape index (κ3) is 2.37. The molecular weight excluding hydrogens is 232 g/mol. The number of nitrogens with zero attached hydrogens (tertiary/aromatic N) is 2. The van der Waals surface area contributed by atoms with Gasteiger partial charge in [0.15, 0.2) is 5.75 Å². The normalized spacial score (nSPS) is 15.5. The van der Waals surface area contributed by atoms with Crippen LogP contribution in [0.5, 0.6) is 5.75 Å². The summed E-state index contributed by atoms with van der Waals surface area (Å²) >= 11 is 0. The van der Waals surface area contributed by atoms with Gasteiger partial charge in [-0.2, -0.15) is 5.10 Å². The van der Waals surface area contributed by atoms with E-state index in [2.05, 4.69) is 12.0 Å². The van der Waals surface area contributed by atoms with E-state index in [0.717, 1.165) is 13.0 Å². The third-order valence-corrected chi connectivity index (χ3v) is 3.60. The minimum atomic E-state index is -1.20. The highest BCUT2D eigenvalue weighted by molar-refractivity contribution is 5.32. The van der Waals surface area contributed by atoms with Gasteiger partial charge in [-0.1, -0.05) is 6.92 Å². The molecular formula is C13H24N2O3. The van der Waals surface area contributed by atoms with Crippen molar-refractivity contribution in [2.45, 2.75) is 51.9 Å². The Hall–Kier alpha value is -1.07. The third-order valence-electron chi connectivity index (χ3n) is 3.60. The number of ether oxygens (including phenoxy) is 2. The van der Waals surface area contributed by atoms with Crippen LogP contribution in [0.4, 0.5) is 0 Å². The van der Waals surface area contributed by atoms with Crippen molar-refractivity contribution in [3.63, 3.8) is 0 Å². The summed E-state index contributed by atoms with van der Waals surface area (Å²) < 4.78 is 12.5. The van der Waals surface area contributed by atoms with Crippen LogP contribution in [0.2, 0.25) is 0 Å². The molecule has 1 aromatic rings. The Labute approximate surface area is 109 Å². The van der Waals surface area contributed by atoms with Gasteiger partial charge in [0.05, 0.1) is 18.9 Å². The lowest BCUT2D eigenvalue weighted by atomic mass is 9.84. The summed E-state index contributed by atoms with van der Waals surface area (Å²) in [5, 5.41) is 15.1. The second-order valence-corrected chi connectivity index (χ2v) is 5.07. The molecule has 1 N–H and O–H groups in total. The van der Waals surface area contributed by atoms with Gasteiger partial charge >= 0.3 is 0 Å². The summed E-state index contributed by atoms with van der Waals surface area (Å²) in [4.78, 5) is 0. The van der Waals surface area contributed by atoms with Gasteiger partial charge in [-0.25, -0.2) is 0 Å². The molecule has 0 aliphatic heterocycles. The molecule has 1 unspecified atom stereocenters. The van der Waals surface area contributed by atoms with Crippen molar-refractivity contribution in [2.75, 3.05) is 14.2 Å². The molecule has 104 valence electrons. The molecule has 0 aliphatic carbocycles. The minimum Gasteiger partial charge on any atom is -0.493 e. The molecule has 0 aromatic carbocycles. The van der Waals surface area contributed by atoms with Crippen LogP contribution in [0.25, 0.3) is 0 Å². The van der Waals surface area contributed by atoms with Crippen LogP contribution in [0, 0.1) is 0 Å². The van der Waals surface area contributed by atoms with Crippen molar-refractivity contribution in [2.24, 2.45) is 0 Å². The van der Waals surface area contributed by atoms with E-state index in [-0.39, 0.29) is 0 Å². The van der Waals surface area contributed by atoms with E-state index >= 15 is 0 Å². The number of hydrogen-bond donors (Lipinski definition) is 1. The fourth-order valence-corrected chi connectivity index (χ4v) is 1.87. The van der Waals surface area contributed by atoms with Crippen molar-refractivity contribution in [1.29, 1.82) is 0 Å². The van der Waals surface area contributed by atoms with E-state index in [1.807, 2.05) is 13.8 Å². The Kier molecular flexibility index (Phi) is 4.40. The lowest BCUT2D eigenvalue weighted by Crippen LogP contribution is -2.48. The molecule has 5 heteroatoms. The molecule has 0 fully saturated rings. The van der Waals surface area contributed by atoms with Crippen molar-refractivity contribution in [3.8, 4) is 5.75 Å². The first kappa shape index (κ1) is 15.0. The van der Waals surface area contributed by atoms with Gasteiger partial charge in [-0.3, -0.25) is 4.68 Å². The molecule has 0 saturated carbocycles. The van der Waals surface area contributed by atoms with E-state index in [1.54, 1.807) is 32.0 Å². The molecule has 0 radical (unpaired) electrons. The predicted octanol–water partition coefficient (Wildman–Crippen LogP) is 1.93. The molecule has 5 nitrogen and oxygen atoms in total. The Balaban J connectivity index is 3.32. The Morgan fingerprint density at radius 2 is 1.94 bits per heavy atom. The maximum Gasteiger partial charge on any atom is 0.163 e. The van der Waals surface area contributed by atoms with Crippen LogP contribution in [-0.2, 0) is 16.9 Å². The predicted molar refractivity (Wildman–Crippen MR) is 69.7 cm³/mol. The fraction of sp³-hybridized carbons (Fsp3) is 0.769. The molecule has 1 aromatic heterocycles. The van der Waals surface area contributed by atoms with Gasteiger partial charge < -0.3 is 14.6 Å². The maximum atomic E-state index is 10.9. The first-order chi connectivity index (χ1) is 8.31. The molecule has 1 heterocycles. The van der Waals surface area contributed by atoms with Crippen LogP contribution in [0.3, 0.4) is 0 Å². The second-order valence-electron chi connectivity index (χ2n) is 5.07. The summed E-state index contributed by atoms with van der Waals surface area (Å²) in [7, 11) is 3.16. The molecule has 0 amide bonds. The van der Waals surface area contributed by atoms with Gasteiger partial charge in [0, 0.05) is 13.7 Å². The van der Waals surface area contributed by atoms with Crippen molar-refractivity contribution in [3.05, 3.63) is 11.9 Å². The quantitative estimate of drug-likeness (QED) is 0.845. The number of rotatable bonds is 6. The van der Waals surface area contributed by atoms with E-state index < -0.39 is 11.2 Å². The zero-order chi connectivity index (χ0) is 14.0. The van der Waals surface area contributed by atoms with E-state index in [4.69, 9.17) is 9.47 Å². The van der Waals surface area contributed by atoms with Crippen molar-refractivity contribution < 1.29 is 14.6 Å². The molecule has 0 spiro atoms. The van der Waals surface area contributed by atoms with E-state index in [0.29, 0.717) is 11.4 Å². The van der Waals surface area contributed by atoms with Gasteiger partial charge in [-0.15, -0.1) is 0 Å². The van der Waals surface area contributed by atoms with Crippen molar-refractivity contribution >= 4 is 0 Å². The second kappa shape index (κ2) is 5.28. The smallest absolute Gasteiger partial charge is 0.163 e. The summed E-state index contributed by atoms with van der Waals surface area (Å²) in [5.74, 6) is 0.582. The highest BCUT2D eigenvalue weighted by atomic mass is 16.5. The number of methoxy groups -OCH3 is 2. The lowest BCUT2D eigenvalue weighted by Gasteiger charge is -2.39. The average molecular weight is 256 g/mol. The van der Waals surface area contributed by atoms with Gasteiger partial charge in [-0.05, 0) is 27.2 Å². The Morgan fingerprint density at radius 1 is 1.33 bits per heavy atom. The minimum absolute atomic E-state index is 0.582. The lowest BCUT2D eigenvalue weighted by molar-refractivity contribution is -0.150. The average Bonchev–Trinajstić information content (AvgIpc) is 2.72. The molecule has 0 bridgehead atoms. The molecule has 1 rings (SSSR count). The number of aliphatic hydroxyl groups is 1. The van der Waals surface area contributed by atoms with Crippen molar-refractivity contribution in [1.82, 2.24) is 9.78 Å². The first-order valence-electron chi connectivity index (χ1n) is 6.19. The van der Waals surface area contributed by atoms with Crippen LogP contribution < -0.4 is 4.74 Å². The topological polar surface area (TPSA) is 56.5 Å². The van der Waals surface area contributed by atoms with Crippen LogP contribution in [-0.4, -0.2) is 34.7 Å². The summed E-state index contributed by atoms with van der Waals surface area (Å²) in [6.45, 7) is 8.20. The fourth-order valence-electron chi connectivity index (χ4n) is 1.87.